The van der Waals surface area contributed by atoms with Crippen molar-refractivity contribution < 1.29 is 35.7 Å². The normalized spacial score (nSPS) is 13.5. The SMILES string of the molecule is CC(F)c1c(C(F)(F)F)ncn(-c2cc(Cl)c(C(F)(F)F)c([N+](=O)[O-])c2)c1=O. The Balaban J connectivity index is 2.85. The molecule has 1 heterocycles. The molecular weight excluding hydrogens is 427 g/mol. The van der Waals surface area contributed by atoms with Crippen LogP contribution in [0.2, 0.25) is 5.02 Å². The van der Waals surface area contributed by atoms with Gasteiger partial charge in [0, 0.05) is 6.07 Å². The fraction of sp³-hybridized carbons (Fsp3) is 0.286. The molecule has 28 heavy (non-hydrogen) atoms. The third kappa shape index (κ3) is 3.93. The maximum Gasteiger partial charge on any atom is 0.433 e. The summed E-state index contributed by atoms with van der Waals surface area (Å²) in [4.78, 5) is 24.8. The Morgan fingerprint density at radius 3 is 2.18 bits per heavy atom. The predicted octanol–water partition coefficient (Wildman–Crippen LogP) is 4.86. The molecule has 1 unspecified atom stereocenters. The van der Waals surface area contributed by atoms with Crippen LogP contribution in [0.1, 0.15) is 29.9 Å². The van der Waals surface area contributed by atoms with Crippen LogP contribution in [-0.2, 0) is 12.4 Å². The van der Waals surface area contributed by atoms with E-state index in [2.05, 4.69) is 4.98 Å². The van der Waals surface area contributed by atoms with Crippen LogP contribution < -0.4 is 5.56 Å². The van der Waals surface area contributed by atoms with Gasteiger partial charge in [0.05, 0.1) is 21.2 Å². The predicted molar refractivity (Wildman–Crippen MR) is 81.0 cm³/mol. The lowest BCUT2D eigenvalue weighted by Gasteiger charge is -2.16. The summed E-state index contributed by atoms with van der Waals surface area (Å²) in [6.07, 6.45) is -12.6. The molecule has 1 aromatic heterocycles. The van der Waals surface area contributed by atoms with Crippen molar-refractivity contribution in [3.8, 4) is 5.69 Å². The van der Waals surface area contributed by atoms with Gasteiger partial charge < -0.3 is 0 Å². The first-order valence-corrected chi connectivity index (χ1v) is 7.42. The first-order valence-electron chi connectivity index (χ1n) is 7.04. The molecule has 0 N–H and O–H groups in total. The molecule has 0 saturated carbocycles. The van der Waals surface area contributed by atoms with Crippen LogP contribution in [-0.4, -0.2) is 14.5 Å². The summed E-state index contributed by atoms with van der Waals surface area (Å²) in [5.74, 6) is 0. The average Bonchev–Trinajstić information content (AvgIpc) is 2.50. The van der Waals surface area contributed by atoms with Crippen LogP contribution >= 0.6 is 11.6 Å². The number of rotatable bonds is 3. The number of nitro groups is 1. The van der Waals surface area contributed by atoms with Gasteiger partial charge in [-0.2, -0.15) is 26.3 Å². The smallest absolute Gasteiger partial charge is 0.268 e. The van der Waals surface area contributed by atoms with Crippen LogP contribution in [0.4, 0.5) is 36.4 Å². The molecule has 0 saturated heterocycles. The van der Waals surface area contributed by atoms with Gasteiger partial charge in [0.2, 0.25) is 0 Å². The lowest BCUT2D eigenvalue weighted by Crippen LogP contribution is -2.29. The Kier molecular flexibility index (Phi) is 5.43. The highest BCUT2D eigenvalue weighted by Crippen LogP contribution is 2.42. The summed E-state index contributed by atoms with van der Waals surface area (Å²) in [6, 6.07) is 0.748. The third-order valence-electron chi connectivity index (χ3n) is 3.49. The Bertz CT molecular complexity index is 999. The second-order valence-corrected chi connectivity index (χ2v) is 5.78. The first kappa shape index (κ1) is 21.6. The van der Waals surface area contributed by atoms with Gasteiger partial charge in [-0.3, -0.25) is 19.5 Å². The Morgan fingerprint density at radius 2 is 1.75 bits per heavy atom. The molecule has 6 nitrogen and oxygen atoms in total. The topological polar surface area (TPSA) is 78.0 Å². The van der Waals surface area contributed by atoms with Crippen LogP contribution in [0.25, 0.3) is 5.69 Å². The van der Waals surface area contributed by atoms with Crippen molar-refractivity contribution in [2.75, 3.05) is 0 Å². The summed E-state index contributed by atoms with van der Waals surface area (Å²) in [7, 11) is 0. The van der Waals surface area contributed by atoms with Gasteiger partial charge in [-0.05, 0) is 13.0 Å². The van der Waals surface area contributed by atoms with Crippen molar-refractivity contribution in [1.82, 2.24) is 9.55 Å². The van der Waals surface area contributed by atoms with Gasteiger partial charge >= 0.3 is 12.4 Å². The minimum absolute atomic E-state index is 0.236. The number of benzene rings is 1. The molecule has 152 valence electrons. The molecule has 0 bridgehead atoms. The van der Waals surface area contributed by atoms with Gasteiger partial charge in [0.15, 0.2) is 11.3 Å². The molecule has 0 aliphatic carbocycles. The zero-order chi connectivity index (χ0) is 21.6. The van der Waals surface area contributed by atoms with Crippen molar-refractivity contribution in [2.45, 2.75) is 25.4 Å². The number of nitro benzene ring substituents is 1. The summed E-state index contributed by atoms with van der Waals surface area (Å²) in [5.41, 5.74) is -8.89. The van der Waals surface area contributed by atoms with Crippen molar-refractivity contribution in [3.05, 3.63) is 60.8 Å². The van der Waals surface area contributed by atoms with E-state index in [0.29, 0.717) is 13.0 Å². The van der Waals surface area contributed by atoms with Gasteiger partial charge in [0.1, 0.15) is 12.5 Å². The molecule has 0 aliphatic heterocycles. The summed E-state index contributed by atoms with van der Waals surface area (Å²) < 4.78 is 91.7. The molecule has 0 spiro atoms. The van der Waals surface area contributed by atoms with E-state index >= 15 is 0 Å². The highest BCUT2D eigenvalue weighted by Gasteiger charge is 2.42. The van der Waals surface area contributed by atoms with E-state index < -0.39 is 62.2 Å². The number of halogens is 8. The molecule has 2 rings (SSSR count). The first-order chi connectivity index (χ1) is 12.7. The fourth-order valence-electron chi connectivity index (χ4n) is 2.38. The number of hydrogen-bond donors (Lipinski definition) is 0. The van der Waals surface area contributed by atoms with Crippen molar-refractivity contribution in [3.63, 3.8) is 0 Å². The van der Waals surface area contributed by atoms with E-state index in [1.54, 1.807) is 0 Å². The van der Waals surface area contributed by atoms with Crippen LogP contribution in [0.5, 0.6) is 0 Å². The lowest BCUT2D eigenvalue weighted by molar-refractivity contribution is -0.388. The maximum atomic E-state index is 13.7. The van der Waals surface area contributed by atoms with Crippen molar-refractivity contribution >= 4 is 17.3 Å². The molecular formula is C14H7ClF7N3O3. The Morgan fingerprint density at radius 1 is 1.18 bits per heavy atom. The highest BCUT2D eigenvalue weighted by molar-refractivity contribution is 6.32. The van der Waals surface area contributed by atoms with Crippen molar-refractivity contribution in [1.29, 1.82) is 0 Å². The zero-order valence-corrected chi connectivity index (χ0v) is 14.2. The number of alkyl halides is 7. The van der Waals surface area contributed by atoms with E-state index in [1.807, 2.05) is 0 Å². The van der Waals surface area contributed by atoms with Gasteiger partial charge in [-0.1, -0.05) is 11.6 Å². The summed E-state index contributed by atoms with van der Waals surface area (Å²) in [5, 5.41) is 9.80. The minimum atomic E-state index is -5.22. The van der Waals surface area contributed by atoms with E-state index in [9.17, 15) is 45.6 Å². The second-order valence-electron chi connectivity index (χ2n) is 5.37. The molecule has 0 aliphatic rings. The van der Waals surface area contributed by atoms with Gasteiger partial charge in [0.25, 0.3) is 11.2 Å². The van der Waals surface area contributed by atoms with E-state index in [4.69, 9.17) is 11.6 Å². The lowest BCUT2D eigenvalue weighted by atomic mass is 10.1. The summed E-state index contributed by atoms with van der Waals surface area (Å²) >= 11 is 5.46. The zero-order valence-electron chi connectivity index (χ0n) is 13.4. The van der Waals surface area contributed by atoms with Crippen molar-refractivity contribution in [2.24, 2.45) is 0 Å². The highest BCUT2D eigenvalue weighted by atomic mass is 35.5. The second kappa shape index (κ2) is 7.04. The molecule has 14 heteroatoms. The quantitative estimate of drug-likeness (QED) is 0.393. The van der Waals surface area contributed by atoms with E-state index in [0.717, 1.165) is 0 Å². The van der Waals surface area contributed by atoms with Crippen LogP contribution in [0.3, 0.4) is 0 Å². The molecule has 2 aromatic rings. The fourth-order valence-corrected chi connectivity index (χ4v) is 2.69. The van der Waals surface area contributed by atoms with Crippen LogP contribution in [0.15, 0.2) is 23.3 Å². The molecule has 0 fully saturated rings. The minimum Gasteiger partial charge on any atom is -0.268 e. The van der Waals surface area contributed by atoms with E-state index in [1.165, 1.54) is 0 Å². The number of nitrogens with zero attached hydrogens (tertiary/aromatic N) is 3. The molecule has 1 aromatic carbocycles. The third-order valence-corrected chi connectivity index (χ3v) is 3.78. The number of hydrogen-bond acceptors (Lipinski definition) is 4. The maximum absolute atomic E-state index is 13.7. The molecule has 0 radical (unpaired) electrons. The largest absolute Gasteiger partial charge is 0.433 e. The summed E-state index contributed by atoms with van der Waals surface area (Å²) in [6.45, 7) is 0.625. The standard InChI is InChI=1S/C14H7ClF7N3O3/c1-5(16)9-11(14(20,21)22)23-4-24(12(9)26)6-2-7(15)10(13(17,18)19)8(3-6)25(27)28/h2-5H,1H3. The molecule has 0 amide bonds. The van der Waals surface area contributed by atoms with Gasteiger partial charge in [-0.25, -0.2) is 9.37 Å². The molecule has 1 atom stereocenters. The van der Waals surface area contributed by atoms with E-state index in [-0.39, 0.29) is 17.0 Å². The van der Waals surface area contributed by atoms with Gasteiger partial charge in [-0.15, -0.1) is 0 Å². The monoisotopic (exact) mass is 433 g/mol. The number of aromatic nitrogens is 2. The average molecular weight is 434 g/mol. The van der Waals surface area contributed by atoms with Crippen LogP contribution in [0, 0.1) is 10.1 Å². The Labute approximate surface area is 155 Å². The Hall–Kier alpha value is -2.70.